The highest BCUT2D eigenvalue weighted by molar-refractivity contribution is 6.88. The summed E-state index contributed by atoms with van der Waals surface area (Å²) in [5.41, 5.74) is 13.0. The van der Waals surface area contributed by atoms with Crippen LogP contribution in [0.5, 0.6) is 0 Å². The lowest BCUT2D eigenvalue weighted by molar-refractivity contribution is 0.333. The van der Waals surface area contributed by atoms with Crippen molar-refractivity contribution in [3.05, 3.63) is 197 Å². The van der Waals surface area contributed by atoms with Crippen LogP contribution in [0.25, 0.3) is 11.1 Å². The van der Waals surface area contributed by atoms with E-state index in [1.54, 1.807) is 0 Å². The van der Waals surface area contributed by atoms with Crippen LogP contribution in [0.2, 0.25) is 36.3 Å². The summed E-state index contributed by atoms with van der Waals surface area (Å²) in [5, 5.41) is 10.9. The second-order valence-electron chi connectivity index (χ2n) is 15.4. The third-order valence-corrected chi connectivity index (χ3v) is 23.4. The van der Waals surface area contributed by atoms with Crippen molar-refractivity contribution < 1.29 is 13.3 Å². The smallest absolute Gasteiger partial charge is 0.231 e. The number of rotatable bonds is 26. The molecule has 4 N–H and O–H groups in total. The van der Waals surface area contributed by atoms with E-state index in [-0.39, 0.29) is 0 Å². The molecular weight excluding hydrogens is 823 g/mol. The second kappa shape index (κ2) is 25.5. The summed E-state index contributed by atoms with van der Waals surface area (Å²) < 4.78 is 18.8. The minimum Gasteiger partial charge on any atom is -0.412 e. The lowest BCUT2D eigenvalue weighted by atomic mass is 10.0. The first kappa shape index (κ1) is 50.1. The van der Waals surface area contributed by atoms with Gasteiger partial charge in [0.05, 0.1) is 0 Å². The minimum absolute atomic E-state index is 0.692. The fourth-order valence-corrected chi connectivity index (χ4v) is 18.0. The summed E-state index contributed by atoms with van der Waals surface area (Å²) in [6.07, 6.45) is 11.8. The van der Waals surface area contributed by atoms with E-state index in [1.807, 2.05) is 55.5 Å². The number of benzene rings is 5. The number of allylic oxidation sites excluding steroid dienone is 6. The quantitative estimate of drug-likeness (QED) is 0.0292. The molecule has 330 valence electrons. The van der Waals surface area contributed by atoms with Crippen LogP contribution in [0.4, 0.5) is 28.4 Å². The molecule has 0 amide bonds. The zero-order valence-corrected chi connectivity index (χ0v) is 40.9. The third kappa shape index (κ3) is 13.7. The van der Waals surface area contributed by atoms with Crippen molar-refractivity contribution >= 4 is 68.9 Å². The van der Waals surface area contributed by atoms with Crippen molar-refractivity contribution in [2.75, 3.05) is 36.2 Å². The van der Waals surface area contributed by atoms with Crippen LogP contribution in [-0.4, -0.2) is 44.8 Å². The molecule has 0 aromatic heterocycles. The molecule has 0 radical (unpaired) electrons. The Morgan fingerprint density at radius 3 is 0.825 bits per heavy atom. The second-order valence-corrected chi connectivity index (χ2v) is 26.4. The molecule has 0 unspecified atom stereocenters. The fraction of sp³-hybridized carbons (Fsp3) is 0.222. The highest BCUT2D eigenvalue weighted by atomic mass is 28.4. The van der Waals surface area contributed by atoms with E-state index < -0.39 is 25.0 Å². The van der Waals surface area contributed by atoms with Crippen molar-refractivity contribution in [3.63, 3.8) is 0 Å². The van der Waals surface area contributed by atoms with Gasteiger partial charge in [0.15, 0.2) is 0 Å². The fourth-order valence-electron chi connectivity index (χ4n) is 8.12. The average Bonchev–Trinajstić information content (AvgIpc) is 3.29. The van der Waals surface area contributed by atoms with Crippen molar-refractivity contribution in [1.29, 1.82) is 0 Å². The van der Waals surface area contributed by atoms with E-state index in [0.29, 0.717) is 13.2 Å². The summed E-state index contributed by atoms with van der Waals surface area (Å²) >= 11 is 0. The normalized spacial score (nSPS) is 11.3. The molecule has 0 saturated heterocycles. The monoisotopic (exact) mass is 891 g/mol. The van der Waals surface area contributed by atoms with Gasteiger partial charge in [0, 0.05) is 48.3 Å². The summed E-state index contributed by atoms with van der Waals surface area (Å²) in [4.78, 5) is 0. The number of anilines is 5. The number of nitrogens with one attached hydrogen (secondary N) is 2. The first-order chi connectivity index (χ1) is 30.6. The van der Waals surface area contributed by atoms with E-state index in [2.05, 4.69) is 173 Å². The van der Waals surface area contributed by atoms with E-state index in [4.69, 9.17) is 19.0 Å². The Morgan fingerprint density at radius 2 is 0.603 bits per heavy atom. The van der Waals surface area contributed by atoms with Gasteiger partial charge in [-0.2, -0.15) is 0 Å². The molecule has 0 spiro atoms. The van der Waals surface area contributed by atoms with Gasteiger partial charge >= 0.3 is 0 Å². The Kier molecular flexibility index (Phi) is 20.3. The van der Waals surface area contributed by atoms with Crippen LogP contribution < -0.4 is 31.9 Å². The molecule has 0 atom stereocenters. The van der Waals surface area contributed by atoms with Crippen LogP contribution >= 0.6 is 0 Å². The summed E-state index contributed by atoms with van der Waals surface area (Å²) in [5.74, 6) is 0. The summed E-state index contributed by atoms with van der Waals surface area (Å²) in [6, 6.07) is 47.7. The molecule has 0 aliphatic rings. The predicted molar refractivity (Wildman–Crippen MR) is 283 cm³/mol. The lowest BCUT2D eigenvalue weighted by Gasteiger charge is -2.29. The van der Waals surface area contributed by atoms with Gasteiger partial charge in [0.2, 0.25) is 25.0 Å². The van der Waals surface area contributed by atoms with Crippen LogP contribution in [0, 0.1) is 0 Å². The van der Waals surface area contributed by atoms with E-state index in [9.17, 15) is 0 Å². The average molecular weight is 892 g/mol. The van der Waals surface area contributed by atoms with Gasteiger partial charge in [-0.05, 0) is 144 Å². The first-order valence-electron chi connectivity index (χ1n) is 22.0. The van der Waals surface area contributed by atoms with E-state index in [1.165, 1.54) is 26.7 Å². The standard InChI is InChI=1S/C40H48N2O2Si2.C14H21NOSi/c1-7-29-45(30-8-2,43-11-5)39-25-21-37(22-26-39)41-35-17-13-33(14-18-35)34-15-19-36(20-16-34)42-38-23-27-40(28-24-38)46(31-9-3,32-10-4)44-12-6;1-4-11-17(12-5-2,16-6-3)14-9-7-13(15)8-10-14/h7-10,13-28,41-42H,1-4,11-12,29-32H2,5-6H3;4-5,7-10H,1-2,6,11-12,15H2,3H3. The Morgan fingerprint density at radius 1 is 0.381 bits per heavy atom. The molecule has 0 aliphatic heterocycles. The van der Waals surface area contributed by atoms with Gasteiger partial charge in [-0.25, -0.2) is 0 Å². The molecule has 5 aromatic rings. The van der Waals surface area contributed by atoms with Gasteiger partial charge < -0.3 is 29.6 Å². The third-order valence-electron chi connectivity index (χ3n) is 11.0. The van der Waals surface area contributed by atoms with Crippen molar-refractivity contribution in [2.45, 2.75) is 57.0 Å². The molecule has 0 fully saturated rings. The zero-order valence-electron chi connectivity index (χ0n) is 37.9. The Hall–Kier alpha value is -5.53. The number of nitrogens with two attached hydrogens (primary N) is 1. The maximum absolute atomic E-state index is 6.35. The van der Waals surface area contributed by atoms with Crippen LogP contribution in [0.3, 0.4) is 0 Å². The minimum atomic E-state index is -2.15. The Balaban J connectivity index is 0.000000429. The molecule has 0 heterocycles. The Bertz CT molecular complexity index is 2040. The van der Waals surface area contributed by atoms with Crippen LogP contribution in [0.15, 0.2) is 197 Å². The molecule has 5 rings (SSSR count). The summed E-state index contributed by atoms with van der Waals surface area (Å²) in [7, 11) is -6.29. The highest BCUT2D eigenvalue weighted by Crippen LogP contribution is 2.28. The van der Waals surface area contributed by atoms with Crippen molar-refractivity contribution in [1.82, 2.24) is 0 Å². The Labute approximate surface area is 382 Å². The van der Waals surface area contributed by atoms with Gasteiger partial charge in [-0.15, -0.1) is 39.5 Å². The molecule has 9 heteroatoms. The number of hydrogen-bond donors (Lipinski definition) is 3. The molecule has 6 nitrogen and oxygen atoms in total. The van der Waals surface area contributed by atoms with Crippen LogP contribution in [-0.2, 0) is 13.3 Å². The van der Waals surface area contributed by atoms with E-state index >= 15 is 0 Å². The zero-order chi connectivity index (χ0) is 45.6. The molecule has 0 saturated carbocycles. The van der Waals surface area contributed by atoms with Gasteiger partial charge in [0.1, 0.15) is 0 Å². The highest BCUT2D eigenvalue weighted by Gasteiger charge is 2.36. The van der Waals surface area contributed by atoms with E-state index in [0.717, 1.165) is 71.3 Å². The summed E-state index contributed by atoms with van der Waals surface area (Å²) in [6.45, 7) is 31.9. The van der Waals surface area contributed by atoms with Crippen LogP contribution in [0.1, 0.15) is 20.8 Å². The molecular formula is C54H69N3O3Si3. The molecule has 0 bridgehead atoms. The van der Waals surface area contributed by atoms with Gasteiger partial charge in [-0.1, -0.05) is 97.1 Å². The molecule has 0 aliphatic carbocycles. The van der Waals surface area contributed by atoms with Gasteiger partial charge in [-0.3, -0.25) is 0 Å². The maximum Gasteiger partial charge on any atom is 0.231 e. The van der Waals surface area contributed by atoms with Crippen molar-refractivity contribution in [3.8, 4) is 11.1 Å². The number of nitrogen functional groups attached to an aromatic ring is 1. The lowest BCUT2D eigenvalue weighted by Crippen LogP contribution is -2.50. The maximum atomic E-state index is 6.35. The SMILES string of the molecule is C=CC[Si](CC=C)(OCC)c1ccc(N)cc1.C=CC[Si](CC=C)(OCC)c1ccc(Nc2ccc(-c3ccc(Nc4ccc([Si](CC=C)(CC=C)OCC)cc4)cc3)cc2)cc1. The topological polar surface area (TPSA) is 77.8 Å². The molecule has 63 heavy (non-hydrogen) atoms. The van der Waals surface area contributed by atoms with Gasteiger partial charge in [0.25, 0.3) is 0 Å². The molecule has 5 aromatic carbocycles. The largest absolute Gasteiger partial charge is 0.412 e. The predicted octanol–water partition coefficient (Wildman–Crippen LogP) is 12.8. The number of hydrogen-bond acceptors (Lipinski definition) is 6. The first-order valence-corrected chi connectivity index (χ1v) is 29.0. The van der Waals surface area contributed by atoms with Crippen molar-refractivity contribution in [2.24, 2.45) is 0 Å².